The van der Waals surface area contributed by atoms with Gasteiger partial charge in [-0.1, -0.05) is 19.1 Å². The maximum absolute atomic E-state index is 12.5. The molecule has 2 aliphatic rings. The van der Waals surface area contributed by atoms with Crippen LogP contribution in [0.3, 0.4) is 0 Å². The van der Waals surface area contributed by atoms with E-state index in [0.29, 0.717) is 18.9 Å². The third-order valence-corrected chi connectivity index (χ3v) is 6.91. The molecule has 33 heavy (non-hydrogen) atoms. The monoisotopic (exact) mass is 452 g/mol. The Kier molecular flexibility index (Phi) is 7.81. The van der Waals surface area contributed by atoms with Gasteiger partial charge in [0.2, 0.25) is 17.7 Å². The lowest BCUT2D eigenvalue weighted by Gasteiger charge is -2.30. The van der Waals surface area contributed by atoms with Crippen molar-refractivity contribution in [1.82, 2.24) is 20.1 Å². The summed E-state index contributed by atoms with van der Waals surface area (Å²) in [5.74, 6) is 2.01. The highest BCUT2D eigenvalue weighted by atomic mass is 16.4. The molecular weight excluding hydrogens is 416 g/mol. The van der Waals surface area contributed by atoms with Crippen molar-refractivity contribution in [3.8, 4) is 11.5 Å². The van der Waals surface area contributed by atoms with Crippen LogP contribution in [0.2, 0.25) is 0 Å². The van der Waals surface area contributed by atoms with E-state index in [-0.39, 0.29) is 17.7 Å². The number of nitrogens with zero attached hydrogens (tertiary/aromatic N) is 3. The van der Waals surface area contributed by atoms with Crippen LogP contribution in [-0.4, -0.2) is 59.3 Å². The Hall–Kier alpha value is -2.67. The minimum atomic E-state index is 0.0701. The molecule has 1 aromatic carbocycles. The maximum Gasteiger partial charge on any atom is 0.226 e. The molecule has 0 atom stereocenters. The van der Waals surface area contributed by atoms with Crippen LogP contribution >= 0.6 is 0 Å². The number of oxazole rings is 1. The lowest BCUT2D eigenvalue weighted by molar-refractivity contribution is -0.127. The first-order valence-corrected chi connectivity index (χ1v) is 12.4. The second-order valence-corrected chi connectivity index (χ2v) is 9.25. The van der Waals surface area contributed by atoms with Crippen molar-refractivity contribution in [1.29, 1.82) is 0 Å². The van der Waals surface area contributed by atoms with Gasteiger partial charge in [0.1, 0.15) is 5.76 Å². The topological polar surface area (TPSA) is 78.7 Å². The van der Waals surface area contributed by atoms with Crippen molar-refractivity contribution in [2.75, 3.05) is 32.7 Å². The number of aromatic nitrogens is 1. The minimum absolute atomic E-state index is 0.0701. The second-order valence-electron chi connectivity index (χ2n) is 9.25. The number of likely N-dealkylation sites (tertiary alicyclic amines) is 2. The molecule has 2 amide bonds. The average Bonchev–Trinajstić information content (AvgIpc) is 3.42. The van der Waals surface area contributed by atoms with E-state index in [1.807, 2.05) is 11.8 Å². The van der Waals surface area contributed by atoms with Crippen LogP contribution in [0.5, 0.6) is 0 Å². The highest BCUT2D eigenvalue weighted by Gasteiger charge is 2.26. The summed E-state index contributed by atoms with van der Waals surface area (Å²) in [6.45, 7) is 8.89. The van der Waals surface area contributed by atoms with Crippen LogP contribution in [0.15, 0.2) is 28.7 Å². The van der Waals surface area contributed by atoms with Gasteiger partial charge in [-0.2, -0.15) is 0 Å². The molecule has 0 bridgehead atoms. The molecule has 0 unspecified atom stereocenters. The molecule has 0 spiro atoms. The summed E-state index contributed by atoms with van der Waals surface area (Å²) in [5.41, 5.74) is 3.28. The predicted octanol–water partition coefficient (Wildman–Crippen LogP) is 3.55. The predicted molar refractivity (Wildman–Crippen MR) is 127 cm³/mol. The van der Waals surface area contributed by atoms with E-state index < -0.39 is 0 Å². The average molecular weight is 453 g/mol. The van der Waals surface area contributed by atoms with Crippen molar-refractivity contribution in [2.45, 2.75) is 58.9 Å². The second kappa shape index (κ2) is 11.0. The standard InChI is InChI=1S/C26H36N4O3/c1-3-20-7-9-22(10-8-20)26-28-23(19(2)33-26)18-29-16-11-21(12-17-29)25(32)27-13-5-15-30-14-4-6-24(30)31/h7-10,21H,3-6,11-18H2,1-2H3,(H,27,32). The Bertz CT molecular complexity index is 945. The molecule has 7 nitrogen and oxygen atoms in total. The Labute approximate surface area is 196 Å². The first kappa shape index (κ1) is 23.5. The Balaban J connectivity index is 1.20. The zero-order chi connectivity index (χ0) is 23.2. The molecule has 1 N–H and O–H groups in total. The Morgan fingerprint density at radius 2 is 1.94 bits per heavy atom. The number of carbonyl (C=O) groups excluding carboxylic acids is 2. The fraction of sp³-hybridized carbons (Fsp3) is 0.577. The summed E-state index contributed by atoms with van der Waals surface area (Å²) < 4.78 is 5.95. The number of rotatable bonds is 9. The van der Waals surface area contributed by atoms with Gasteiger partial charge in [-0.3, -0.25) is 14.5 Å². The molecule has 178 valence electrons. The summed E-state index contributed by atoms with van der Waals surface area (Å²) in [6, 6.07) is 8.38. The largest absolute Gasteiger partial charge is 0.441 e. The molecule has 2 saturated heterocycles. The third kappa shape index (κ3) is 6.02. The van der Waals surface area contributed by atoms with Crippen molar-refractivity contribution >= 4 is 11.8 Å². The van der Waals surface area contributed by atoms with Gasteiger partial charge in [0.25, 0.3) is 0 Å². The summed E-state index contributed by atoms with van der Waals surface area (Å²) in [7, 11) is 0. The van der Waals surface area contributed by atoms with Crippen LogP contribution in [0, 0.1) is 12.8 Å². The highest BCUT2D eigenvalue weighted by Crippen LogP contribution is 2.25. The first-order valence-electron chi connectivity index (χ1n) is 12.4. The van der Waals surface area contributed by atoms with E-state index >= 15 is 0 Å². The van der Waals surface area contributed by atoms with Gasteiger partial charge in [0.15, 0.2) is 0 Å². The molecule has 2 aliphatic heterocycles. The van der Waals surface area contributed by atoms with E-state index in [2.05, 4.69) is 41.4 Å². The van der Waals surface area contributed by atoms with E-state index in [4.69, 9.17) is 9.40 Å². The van der Waals surface area contributed by atoms with Gasteiger partial charge < -0.3 is 14.6 Å². The number of benzene rings is 1. The maximum atomic E-state index is 12.5. The van der Waals surface area contributed by atoms with Crippen LogP contribution < -0.4 is 5.32 Å². The molecular formula is C26H36N4O3. The normalized spacial score (nSPS) is 17.6. The van der Waals surface area contributed by atoms with Crippen molar-refractivity contribution < 1.29 is 14.0 Å². The number of piperidine rings is 1. The summed E-state index contributed by atoms with van der Waals surface area (Å²) in [5, 5.41) is 3.07. The zero-order valence-corrected chi connectivity index (χ0v) is 19.9. The number of hydrogen-bond acceptors (Lipinski definition) is 5. The highest BCUT2D eigenvalue weighted by molar-refractivity contribution is 5.79. The van der Waals surface area contributed by atoms with Crippen molar-refractivity contribution in [3.63, 3.8) is 0 Å². The molecule has 7 heteroatoms. The van der Waals surface area contributed by atoms with Crippen molar-refractivity contribution in [3.05, 3.63) is 41.3 Å². The summed E-state index contributed by atoms with van der Waals surface area (Å²) in [4.78, 5) is 33.2. The Morgan fingerprint density at radius 1 is 1.18 bits per heavy atom. The molecule has 1 aromatic heterocycles. The zero-order valence-electron chi connectivity index (χ0n) is 19.9. The lowest BCUT2D eigenvalue weighted by atomic mass is 9.95. The van der Waals surface area contributed by atoms with Crippen LogP contribution in [-0.2, 0) is 22.6 Å². The molecule has 2 aromatic rings. The van der Waals surface area contributed by atoms with Crippen LogP contribution in [0.25, 0.3) is 11.5 Å². The van der Waals surface area contributed by atoms with Crippen molar-refractivity contribution in [2.24, 2.45) is 5.92 Å². The SMILES string of the molecule is CCc1ccc(-c2nc(CN3CCC(C(=O)NCCCN4CCCC4=O)CC3)c(C)o2)cc1. The van der Waals surface area contributed by atoms with Gasteiger partial charge in [-0.25, -0.2) is 4.98 Å². The van der Waals surface area contributed by atoms with Gasteiger partial charge in [-0.05, 0) is 69.8 Å². The summed E-state index contributed by atoms with van der Waals surface area (Å²) in [6.07, 6.45) is 5.20. The van der Waals surface area contributed by atoms with Crippen LogP contribution in [0.4, 0.5) is 0 Å². The molecule has 4 rings (SSSR count). The smallest absolute Gasteiger partial charge is 0.226 e. The van der Waals surface area contributed by atoms with Gasteiger partial charge in [-0.15, -0.1) is 0 Å². The van der Waals surface area contributed by atoms with E-state index in [1.165, 1.54) is 5.56 Å². The first-order chi connectivity index (χ1) is 16.0. The van der Waals surface area contributed by atoms with E-state index in [1.54, 1.807) is 0 Å². The molecule has 3 heterocycles. The molecule has 0 saturated carbocycles. The molecule has 0 radical (unpaired) electrons. The van der Waals surface area contributed by atoms with E-state index in [9.17, 15) is 9.59 Å². The van der Waals surface area contributed by atoms with Crippen LogP contribution in [0.1, 0.15) is 56.0 Å². The number of carbonyl (C=O) groups is 2. The van der Waals surface area contributed by atoms with Gasteiger partial charge in [0, 0.05) is 44.1 Å². The van der Waals surface area contributed by atoms with E-state index in [0.717, 1.165) is 81.8 Å². The number of hydrogen-bond donors (Lipinski definition) is 1. The number of amides is 2. The third-order valence-electron chi connectivity index (χ3n) is 6.91. The quantitative estimate of drug-likeness (QED) is 0.589. The minimum Gasteiger partial charge on any atom is -0.441 e. The molecule has 2 fully saturated rings. The number of nitrogens with one attached hydrogen (secondary N) is 1. The van der Waals surface area contributed by atoms with Gasteiger partial charge >= 0.3 is 0 Å². The fourth-order valence-corrected chi connectivity index (χ4v) is 4.71. The summed E-state index contributed by atoms with van der Waals surface area (Å²) >= 11 is 0. The Morgan fingerprint density at radius 3 is 2.61 bits per heavy atom. The lowest BCUT2D eigenvalue weighted by Crippen LogP contribution is -2.41. The molecule has 0 aliphatic carbocycles. The fourth-order valence-electron chi connectivity index (χ4n) is 4.71. The number of aryl methyl sites for hydroxylation is 2. The van der Waals surface area contributed by atoms with Gasteiger partial charge in [0.05, 0.1) is 5.69 Å².